The van der Waals surface area contributed by atoms with Crippen LogP contribution in [0.25, 0.3) is 0 Å². The van der Waals surface area contributed by atoms with Gasteiger partial charge in [0.15, 0.2) is 0 Å². The molecular weight excluding hydrogens is 374 g/mol. The molecule has 1 unspecified atom stereocenters. The monoisotopic (exact) mass is 401 g/mol. The van der Waals surface area contributed by atoms with E-state index in [0.717, 1.165) is 25.9 Å². The van der Waals surface area contributed by atoms with Gasteiger partial charge >= 0.3 is 0 Å². The summed E-state index contributed by atoms with van der Waals surface area (Å²) in [5.41, 5.74) is 0. The fourth-order valence-electron chi connectivity index (χ4n) is 3.55. The van der Waals surface area contributed by atoms with Gasteiger partial charge in [-0.25, -0.2) is 8.42 Å². The van der Waals surface area contributed by atoms with Crippen LogP contribution < -0.4 is 4.74 Å². The molecule has 0 aromatic heterocycles. The van der Waals surface area contributed by atoms with E-state index in [9.17, 15) is 13.2 Å². The first kappa shape index (κ1) is 20.6. The van der Waals surface area contributed by atoms with Crippen molar-refractivity contribution in [1.29, 1.82) is 0 Å². The third-order valence-electron chi connectivity index (χ3n) is 5.06. The van der Waals surface area contributed by atoms with Crippen LogP contribution in [0.3, 0.4) is 0 Å². The molecule has 0 N–H and O–H groups in total. The predicted molar refractivity (Wildman–Crippen MR) is 108 cm³/mol. The van der Waals surface area contributed by atoms with E-state index in [1.54, 1.807) is 61.5 Å². The van der Waals surface area contributed by atoms with E-state index in [2.05, 4.69) is 4.90 Å². The minimum atomic E-state index is -3.53. The summed E-state index contributed by atoms with van der Waals surface area (Å²) in [4.78, 5) is 14.5. The number of benzene rings is 2. The smallest absolute Gasteiger partial charge is 0.206 e. The Kier molecular flexibility index (Phi) is 6.86. The molecule has 0 radical (unpaired) electrons. The molecule has 0 saturated carbocycles. The first-order chi connectivity index (χ1) is 13.5. The third-order valence-corrected chi connectivity index (χ3v) is 6.85. The largest absolute Gasteiger partial charge is 0.492 e. The second kappa shape index (κ2) is 9.34. The van der Waals surface area contributed by atoms with Crippen LogP contribution in [0.1, 0.15) is 32.6 Å². The van der Waals surface area contributed by atoms with Crippen molar-refractivity contribution in [3.8, 4) is 5.75 Å². The van der Waals surface area contributed by atoms with Crippen molar-refractivity contribution in [1.82, 2.24) is 4.90 Å². The molecule has 1 fully saturated rings. The maximum Gasteiger partial charge on any atom is 0.206 e. The Morgan fingerprint density at radius 3 is 2.18 bits per heavy atom. The molecule has 0 bridgehead atoms. The molecule has 1 saturated heterocycles. The Hall–Kier alpha value is -2.18. The molecule has 1 aliphatic rings. The second-order valence-electron chi connectivity index (χ2n) is 7.26. The average molecular weight is 402 g/mol. The highest BCUT2D eigenvalue weighted by Crippen LogP contribution is 2.23. The van der Waals surface area contributed by atoms with Crippen LogP contribution in [0.2, 0.25) is 0 Å². The normalized spacial score (nSPS) is 16.5. The van der Waals surface area contributed by atoms with Crippen molar-refractivity contribution in [3.63, 3.8) is 0 Å². The summed E-state index contributed by atoms with van der Waals surface area (Å²) >= 11 is 0. The number of nitrogens with zero attached hydrogens (tertiary/aromatic N) is 1. The molecular formula is C22H27NO4S. The van der Waals surface area contributed by atoms with Crippen LogP contribution >= 0.6 is 0 Å². The Bertz CT molecular complexity index is 873. The van der Waals surface area contributed by atoms with Crippen molar-refractivity contribution in [3.05, 3.63) is 54.6 Å². The first-order valence-electron chi connectivity index (χ1n) is 9.73. The lowest BCUT2D eigenvalue weighted by Gasteiger charge is -2.34. The van der Waals surface area contributed by atoms with E-state index >= 15 is 0 Å². The summed E-state index contributed by atoms with van der Waals surface area (Å²) in [5, 5.41) is 0. The van der Waals surface area contributed by atoms with Crippen LogP contribution in [0.5, 0.6) is 5.75 Å². The highest BCUT2D eigenvalue weighted by atomic mass is 32.2. The highest BCUT2D eigenvalue weighted by molar-refractivity contribution is 7.91. The first-order valence-corrected chi connectivity index (χ1v) is 11.2. The topological polar surface area (TPSA) is 63.7 Å². The van der Waals surface area contributed by atoms with Gasteiger partial charge in [0.05, 0.1) is 15.8 Å². The fraction of sp³-hybridized carbons (Fsp3) is 0.409. The molecule has 3 rings (SSSR count). The van der Waals surface area contributed by atoms with E-state index in [4.69, 9.17) is 4.74 Å². The van der Waals surface area contributed by atoms with Crippen LogP contribution in [0.4, 0.5) is 0 Å². The number of ketones is 1. The molecule has 150 valence electrons. The lowest BCUT2D eigenvalue weighted by Crippen LogP contribution is -2.43. The Morgan fingerprint density at radius 2 is 1.57 bits per heavy atom. The van der Waals surface area contributed by atoms with Crippen molar-refractivity contribution in [2.75, 3.05) is 19.7 Å². The van der Waals surface area contributed by atoms with Crippen molar-refractivity contribution < 1.29 is 17.9 Å². The molecule has 2 aromatic rings. The fourth-order valence-corrected chi connectivity index (χ4v) is 4.83. The Balaban J connectivity index is 1.66. The molecule has 1 heterocycles. The van der Waals surface area contributed by atoms with Crippen molar-refractivity contribution in [2.45, 2.75) is 48.4 Å². The predicted octanol–water partition coefficient (Wildman–Crippen LogP) is 3.73. The average Bonchev–Trinajstić information content (AvgIpc) is 2.72. The molecule has 28 heavy (non-hydrogen) atoms. The van der Waals surface area contributed by atoms with Gasteiger partial charge in [-0.1, -0.05) is 24.6 Å². The molecule has 0 amide bonds. The van der Waals surface area contributed by atoms with Gasteiger partial charge in [-0.15, -0.1) is 0 Å². The third kappa shape index (κ3) is 5.20. The van der Waals surface area contributed by atoms with Gasteiger partial charge in [0.25, 0.3) is 0 Å². The SMILES string of the molecule is CC(=O)CC(COc1ccc(S(=O)(=O)c2ccccc2)cc1)N1CCCCC1. The number of hydrogen-bond donors (Lipinski definition) is 0. The van der Waals surface area contributed by atoms with Crippen LogP contribution in [-0.4, -0.2) is 44.8 Å². The lowest BCUT2D eigenvalue weighted by molar-refractivity contribution is -0.118. The van der Waals surface area contributed by atoms with E-state index in [0.29, 0.717) is 18.8 Å². The number of ether oxygens (including phenoxy) is 1. The zero-order chi connectivity index (χ0) is 20.0. The highest BCUT2D eigenvalue weighted by Gasteiger charge is 2.23. The Morgan fingerprint density at radius 1 is 0.964 bits per heavy atom. The van der Waals surface area contributed by atoms with E-state index in [1.165, 1.54) is 6.42 Å². The van der Waals surface area contributed by atoms with Crippen LogP contribution in [0, 0.1) is 0 Å². The van der Waals surface area contributed by atoms with Crippen molar-refractivity contribution >= 4 is 15.6 Å². The molecule has 0 aliphatic carbocycles. The van der Waals surface area contributed by atoms with E-state index < -0.39 is 9.84 Å². The van der Waals surface area contributed by atoms with Crippen LogP contribution in [0.15, 0.2) is 64.4 Å². The van der Waals surface area contributed by atoms with Gasteiger partial charge < -0.3 is 4.74 Å². The van der Waals surface area contributed by atoms with Gasteiger partial charge in [0.2, 0.25) is 9.84 Å². The van der Waals surface area contributed by atoms with Gasteiger partial charge in [-0.3, -0.25) is 9.69 Å². The molecule has 0 spiro atoms. The molecule has 1 atom stereocenters. The zero-order valence-corrected chi connectivity index (χ0v) is 17.0. The summed E-state index contributed by atoms with van der Waals surface area (Å²) in [6, 6.07) is 14.9. The lowest BCUT2D eigenvalue weighted by atomic mass is 10.1. The standard InChI is InChI=1S/C22H27NO4S/c1-18(24)16-19(23-14-6-3-7-15-23)17-27-20-10-12-22(13-11-20)28(25,26)21-8-4-2-5-9-21/h2,4-5,8-13,19H,3,6-7,14-17H2,1H3. The van der Waals surface area contributed by atoms with E-state index in [1.807, 2.05) is 0 Å². The van der Waals surface area contributed by atoms with Crippen molar-refractivity contribution in [2.24, 2.45) is 0 Å². The van der Waals surface area contributed by atoms with Gasteiger partial charge in [0, 0.05) is 6.42 Å². The summed E-state index contributed by atoms with van der Waals surface area (Å²) in [6.45, 7) is 4.02. The molecule has 2 aromatic carbocycles. The summed E-state index contributed by atoms with van der Waals surface area (Å²) in [6.07, 6.45) is 4.02. The Labute approximate surface area is 167 Å². The number of sulfone groups is 1. The van der Waals surface area contributed by atoms with Gasteiger partial charge in [0.1, 0.15) is 18.1 Å². The summed E-state index contributed by atoms with van der Waals surface area (Å²) in [5.74, 6) is 0.765. The summed E-state index contributed by atoms with van der Waals surface area (Å²) in [7, 11) is -3.53. The summed E-state index contributed by atoms with van der Waals surface area (Å²) < 4.78 is 31.2. The maximum atomic E-state index is 12.7. The van der Waals surface area contributed by atoms with Gasteiger partial charge in [-0.2, -0.15) is 0 Å². The number of carbonyl (C=O) groups excluding carboxylic acids is 1. The minimum Gasteiger partial charge on any atom is -0.492 e. The second-order valence-corrected chi connectivity index (χ2v) is 9.21. The maximum absolute atomic E-state index is 12.7. The van der Waals surface area contributed by atoms with Gasteiger partial charge in [-0.05, 0) is 69.3 Å². The number of hydrogen-bond acceptors (Lipinski definition) is 5. The molecule has 5 nitrogen and oxygen atoms in total. The number of Topliss-reactive ketones (excluding diaryl/α,β-unsaturated/α-hetero) is 1. The number of likely N-dealkylation sites (tertiary alicyclic amines) is 1. The quantitative estimate of drug-likeness (QED) is 0.674. The molecule has 1 aliphatic heterocycles. The van der Waals surface area contributed by atoms with Crippen LogP contribution in [-0.2, 0) is 14.6 Å². The number of rotatable bonds is 8. The minimum absolute atomic E-state index is 0.0607. The molecule has 6 heteroatoms. The number of piperidine rings is 1. The number of carbonyl (C=O) groups is 1. The van der Waals surface area contributed by atoms with E-state index in [-0.39, 0.29) is 21.6 Å². The zero-order valence-electron chi connectivity index (χ0n) is 16.2.